The number of thioether (sulfide) groups is 1. The Morgan fingerprint density at radius 3 is 2.71 bits per heavy atom. The number of nitrogen functional groups attached to an aromatic ring is 1. The van der Waals surface area contributed by atoms with Crippen LogP contribution in [0.4, 0.5) is 5.69 Å². The lowest BCUT2D eigenvalue weighted by Crippen LogP contribution is -2.05. The fraction of sp³-hybridized carbons (Fsp3) is 0.167. The van der Waals surface area contributed by atoms with E-state index in [0.29, 0.717) is 5.16 Å². The fourth-order valence-corrected chi connectivity index (χ4v) is 2.21. The Balaban J connectivity index is 1.87. The zero-order chi connectivity index (χ0) is 12.1. The Morgan fingerprint density at radius 1 is 1.24 bits per heavy atom. The lowest BCUT2D eigenvalue weighted by Gasteiger charge is -2.01. The summed E-state index contributed by atoms with van der Waals surface area (Å²) in [5, 5.41) is 0.660. The van der Waals surface area contributed by atoms with Crippen LogP contribution in [0.5, 0.6) is 0 Å². The summed E-state index contributed by atoms with van der Waals surface area (Å²) in [7, 11) is 0. The number of hydrogen-bond donors (Lipinski definition) is 2. The highest BCUT2D eigenvalue weighted by Crippen LogP contribution is 2.13. The topological polar surface area (TPSA) is 71.8 Å². The van der Waals surface area contributed by atoms with Crippen LogP contribution in [0.2, 0.25) is 0 Å². The van der Waals surface area contributed by atoms with E-state index < -0.39 is 0 Å². The molecule has 88 valence electrons. The van der Waals surface area contributed by atoms with Gasteiger partial charge >= 0.3 is 0 Å². The largest absolute Gasteiger partial charge is 0.399 e. The monoisotopic (exact) mass is 247 g/mol. The molecule has 0 aliphatic heterocycles. The van der Waals surface area contributed by atoms with Crippen LogP contribution in [0.25, 0.3) is 0 Å². The first-order valence-electron chi connectivity index (χ1n) is 5.26. The van der Waals surface area contributed by atoms with Crippen molar-refractivity contribution >= 4 is 17.4 Å². The van der Waals surface area contributed by atoms with E-state index in [1.807, 2.05) is 24.3 Å². The molecule has 1 aromatic heterocycles. The van der Waals surface area contributed by atoms with E-state index in [0.717, 1.165) is 17.9 Å². The summed E-state index contributed by atoms with van der Waals surface area (Å²) in [6, 6.07) is 9.21. The molecule has 0 saturated carbocycles. The molecule has 0 aliphatic rings. The number of aryl methyl sites for hydroxylation is 1. The van der Waals surface area contributed by atoms with Crippen LogP contribution in [0.3, 0.4) is 0 Å². The van der Waals surface area contributed by atoms with Gasteiger partial charge in [-0.1, -0.05) is 23.9 Å². The SMILES string of the molecule is Nc1ccc(CCSc2nccc(=O)[nH]2)cc1. The van der Waals surface area contributed by atoms with Crippen LogP contribution in [0, 0.1) is 0 Å². The van der Waals surface area contributed by atoms with Gasteiger partial charge in [-0.15, -0.1) is 0 Å². The van der Waals surface area contributed by atoms with E-state index in [4.69, 9.17) is 5.73 Å². The maximum Gasteiger partial charge on any atom is 0.251 e. The van der Waals surface area contributed by atoms with E-state index >= 15 is 0 Å². The number of H-pyrrole nitrogens is 1. The lowest BCUT2D eigenvalue weighted by atomic mass is 10.2. The first-order valence-corrected chi connectivity index (χ1v) is 6.25. The number of nitrogens with two attached hydrogens (primary N) is 1. The fourth-order valence-electron chi connectivity index (χ4n) is 1.38. The first-order chi connectivity index (χ1) is 8.24. The summed E-state index contributed by atoms with van der Waals surface area (Å²) in [5.74, 6) is 0.872. The Hall–Kier alpha value is -1.75. The maximum absolute atomic E-state index is 11.0. The van der Waals surface area contributed by atoms with Crippen molar-refractivity contribution < 1.29 is 0 Å². The van der Waals surface area contributed by atoms with Crippen LogP contribution in [0.15, 0.2) is 46.5 Å². The molecular weight excluding hydrogens is 234 g/mol. The number of rotatable bonds is 4. The minimum Gasteiger partial charge on any atom is -0.399 e. The second-order valence-electron chi connectivity index (χ2n) is 3.58. The minimum absolute atomic E-state index is 0.116. The average Bonchev–Trinajstić information content (AvgIpc) is 2.32. The smallest absolute Gasteiger partial charge is 0.251 e. The molecule has 0 saturated heterocycles. The zero-order valence-corrected chi connectivity index (χ0v) is 10.0. The lowest BCUT2D eigenvalue weighted by molar-refractivity contribution is 0.934. The van der Waals surface area contributed by atoms with Crippen LogP contribution in [0.1, 0.15) is 5.56 Å². The van der Waals surface area contributed by atoms with Crippen LogP contribution in [-0.4, -0.2) is 15.7 Å². The third-order valence-corrected chi connectivity index (χ3v) is 3.15. The van der Waals surface area contributed by atoms with Crippen molar-refractivity contribution in [2.45, 2.75) is 11.6 Å². The van der Waals surface area contributed by atoms with Gasteiger partial charge in [0, 0.05) is 23.7 Å². The van der Waals surface area contributed by atoms with E-state index in [-0.39, 0.29) is 5.56 Å². The van der Waals surface area contributed by atoms with Crippen molar-refractivity contribution in [3.05, 3.63) is 52.4 Å². The molecule has 4 nitrogen and oxygen atoms in total. The number of aromatic nitrogens is 2. The molecule has 2 rings (SSSR count). The number of nitrogens with one attached hydrogen (secondary N) is 1. The summed E-state index contributed by atoms with van der Waals surface area (Å²) in [5.41, 5.74) is 7.49. The number of aromatic amines is 1. The number of nitrogens with zero attached hydrogens (tertiary/aromatic N) is 1. The van der Waals surface area contributed by atoms with Crippen molar-refractivity contribution in [1.29, 1.82) is 0 Å². The van der Waals surface area contributed by atoms with Crippen molar-refractivity contribution in [2.75, 3.05) is 11.5 Å². The predicted octanol–water partition coefficient (Wildman–Crippen LogP) is 1.69. The quantitative estimate of drug-likeness (QED) is 0.490. The highest BCUT2D eigenvalue weighted by atomic mass is 32.2. The average molecular weight is 247 g/mol. The zero-order valence-electron chi connectivity index (χ0n) is 9.22. The molecule has 1 aromatic carbocycles. The molecule has 0 aliphatic carbocycles. The summed E-state index contributed by atoms with van der Waals surface area (Å²) in [4.78, 5) is 17.8. The summed E-state index contributed by atoms with van der Waals surface area (Å²) >= 11 is 1.54. The number of anilines is 1. The maximum atomic E-state index is 11.0. The molecular formula is C12H13N3OS. The van der Waals surface area contributed by atoms with Gasteiger partial charge in [0.05, 0.1) is 0 Å². The second kappa shape index (κ2) is 5.54. The summed E-state index contributed by atoms with van der Waals surface area (Å²) in [6.07, 6.45) is 2.44. The summed E-state index contributed by atoms with van der Waals surface area (Å²) < 4.78 is 0. The molecule has 0 bridgehead atoms. The third kappa shape index (κ3) is 3.64. The van der Waals surface area contributed by atoms with Gasteiger partial charge in [0.2, 0.25) is 0 Å². The van der Waals surface area contributed by atoms with Gasteiger partial charge in [-0.25, -0.2) is 4.98 Å². The Kier molecular flexibility index (Phi) is 3.82. The van der Waals surface area contributed by atoms with Gasteiger partial charge in [-0.05, 0) is 24.1 Å². The molecule has 0 radical (unpaired) electrons. The highest BCUT2D eigenvalue weighted by Gasteiger charge is 1.97. The highest BCUT2D eigenvalue weighted by molar-refractivity contribution is 7.99. The normalized spacial score (nSPS) is 10.4. The van der Waals surface area contributed by atoms with Crippen molar-refractivity contribution in [2.24, 2.45) is 0 Å². The molecule has 2 aromatic rings. The van der Waals surface area contributed by atoms with Gasteiger partial charge < -0.3 is 10.7 Å². The third-order valence-electron chi connectivity index (χ3n) is 2.26. The van der Waals surface area contributed by atoms with Gasteiger partial charge in [0.1, 0.15) is 0 Å². The van der Waals surface area contributed by atoms with E-state index in [1.165, 1.54) is 29.6 Å². The molecule has 1 heterocycles. The van der Waals surface area contributed by atoms with Gasteiger partial charge in [0.15, 0.2) is 5.16 Å². The predicted molar refractivity (Wildman–Crippen MR) is 70.1 cm³/mol. The van der Waals surface area contributed by atoms with Gasteiger partial charge in [0.25, 0.3) is 5.56 Å². The Bertz CT molecular complexity index is 536. The molecule has 0 spiro atoms. The van der Waals surface area contributed by atoms with Crippen molar-refractivity contribution in [3.8, 4) is 0 Å². The molecule has 0 unspecified atom stereocenters. The Morgan fingerprint density at radius 2 is 2.00 bits per heavy atom. The van der Waals surface area contributed by atoms with Gasteiger partial charge in [-0.2, -0.15) is 0 Å². The standard InChI is InChI=1S/C12H13N3OS/c13-10-3-1-9(2-4-10)6-8-17-12-14-7-5-11(16)15-12/h1-5,7H,6,8,13H2,(H,14,15,16). The molecule has 5 heteroatoms. The minimum atomic E-state index is -0.116. The second-order valence-corrected chi connectivity index (χ2v) is 4.66. The first kappa shape index (κ1) is 11.7. The van der Waals surface area contributed by atoms with Crippen LogP contribution < -0.4 is 11.3 Å². The van der Waals surface area contributed by atoms with Gasteiger partial charge in [-0.3, -0.25) is 4.79 Å². The molecule has 0 amide bonds. The van der Waals surface area contributed by atoms with E-state index in [1.54, 1.807) is 0 Å². The molecule has 3 N–H and O–H groups in total. The van der Waals surface area contributed by atoms with Crippen LogP contribution >= 0.6 is 11.8 Å². The molecule has 17 heavy (non-hydrogen) atoms. The molecule has 0 atom stereocenters. The van der Waals surface area contributed by atoms with E-state index in [2.05, 4.69) is 9.97 Å². The number of benzene rings is 1. The Labute approximate surface area is 103 Å². The number of hydrogen-bond acceptors (Lipinski definition) is 4. The summed E-state index contributed by atoms with van der Waals surface area (Å²) in [6.45, 7) is 0. The van der Waals surface area contributed by atoms with Crippen molar-refractivity contribution in [1.82, 2.24) is 9.97 Å². The van der Waals surface area contributed by atoms with Crippen LogP contribution in [-0.2, 0) is 6.42 Å². The van der Waals surface area contributed by atoms with Crippen molar-refractivity contribution in [3.63, 3.8) is 0 Å². The van der Waals surface area contributed by atoms with E-state index in [9.17, 15) is 4.79 Å². The molecule has 0 fully saturated rings.